The maximum absolute atomic E-state index is 10.7. The topological polar surface area (TPSA) is 89.8 Å². The predicted molar refractivity (Wildman–Crippen MR) is 47.4 cm³/mol. The average molecular weight is 217 g/mol. The Kier molecular flexibility index (Phi) is 3.59. The van der Waals surface area contributed by atoms with E-state index in [0.29, 0.717) is 0 Å². The largest absolute Gasteiger partial charge is 0.768 e. The Hall–Kier alpha value is -0.950. The van der Waals surface area contributed by atoms with Gasteiger partial charge in [-0.2, -0.15) is 0 Å². The molecule has 0 aliphatic heterocycles. The van der Waals surface area contributed by atoms with E-state index in [9.17, 15) is 8.76 Å². The summed E-state index contributed by atoms with van der Waals surface area (Å²) in [6, 6.07) is 3.88. The van der Waals surface area contributed by atoms with Crippen molar-refractivity contribution < 1.29 is 23.7 Å². The Morgan fingerprint density at radius 1 is 1.50 bits per heavy atom. The summed E-state index contributed by atoms with van der Waals surface area (Å²) in [4.78, 5) is -0.0990. The lowest BCUT2D eigenvalue weighted by atomic mass is 10.2. The molecule has 6 heteroatoms. The SMILES string of the molecule is COc1ccc(C(O)O)cc1S(=O)[O-]. The van der Waals surface area contributed by atoms with Crippen LogP contribution in [0.5, 0.6) is 5.75 Å². The third kappa shape index (κ3) is 2.30. The molecule has 1 rings (SSSR count). The lowest BCUT2D eigenvalue weighted by Crippen LogP contribution is -2.00. The predicted octanol–water partition coefficient (Wildman–Crippen LogP) is -0.0836. The first-order chi connectivity index (χ1) is 6.56. The molecule has 1 unspecified atom stereocenters. The van der Waals surface area contributed by atoms with E-state index in [1.54, 1.807) is 0 Å². The number of methoxy groups -OCH3 is 1. The number of aliphatic hydroxyl groups is 2. The van der Waals surface area contributed by atoms with Crippen LogP contribution in [0.1, 0.15) is 11.9 Å². The van der Waals surface area contributed by atoms with Crippen LogP contribution in [0.15, 0.2) is 23.1 Å². The molecule has 0 aromatic heterocycles. The van der Waals surface area contributed by atoms with Crippen molar-refractivity contribution in [1.82, 2.24) is 0 Å². The summed E-state index contributed by atoms with van der Waals surface area (Å²) in [6.45, 7) is 0. The zero-order valence-electron chi connectivity index (χ0n) is 7.34. The quantitative estimate of drug-likeness (QED) is 0.545. The van der Waals surface area contributed by atoms with Gasteiger partial charge in [0.05, 0.1) is 12.0 Å². The first kappa shape index (κ1) is 11.1. The fourth-order valence-corrected chi connectivity index (χ4v) is 1.53. The second-order valence-corrected chi connectivity index (χ2v) is 3.43. The Morgan fingerprint density at radius 2 is 2.14 bits per heavy atom. The van der Waals surface area contributed by atoms with Crippen LogP contribution < -0.4 is 4.74 Å². The van der Waals surface area contributed by atoms with Gasteiger partial charge in [0, 0.05) is 5.56 Å². The highest BCUT2D eigenvalue weighted by molar-refractivity contribution is 7.79. The van der Waals surface area contributed by atoms with E-state index in [2.05, 4.69) is 0 Å². The third-order valence-electron chi connectivity index (χ3n) is 1.67. The summed E-state index contributed by atoms with van der Waals surface area (Å²) >= 11 is -2.46. The van der Waals surface area contributed by atoms with Crippen LogP contribution in [0.25, 0.3) is 0 Å². The molecule has 1 atom stereocenters. The van der Waals surface area contributed by atoms with Crippen molar-refractivity contribution in [2.75, 3.05) is 7.11 Å². The maximum Gasteiger partial charge on any atom is 0.178 e. The van der Waals surface area contributed by atoms with Gasteiger partial charge in [0.1, 0.15) is 5.75 Å². The lowest BCUT2D eigenvalue weighted by Gasteiger charge is -2.13. The van der Waals surface area contributed by atoms with E-state index in [-0.39, 0.29) is 16.2 Å². The van der Waals surface area contributed by atoms with E-state index in [4.69, 9.17) is 14.9 Å². The van der Waals surface area contributed by atoms with Crippen LogP contribution in [0.3, 0.4) is 0 Å². The first-order valence-corrected chi connectivity index (χ1v) is 4.77. The summed E-state index contributed by atoms with van der Waals surface area (Å²) in [7, 11) is 1.33. The number of ether oxygens (including phenoxy) is 1. The Balaban J connectivity index is 3.21. The number of hydrogen-bond donors (Lipinski definition) is 2. The first-order valence-electron chi connectivity index (χ1n) is 3.69. The van der Waals surface area contributed by atoms with Gasteiger partial charge in [-0.25, -0.2) is 0 Å². The lowest BCUT2D eigenvalue weighted by molar-refractivity contribution is -0.0426. The summed E-state index contributed by atoms with van der Waals surface area (Å²) in [5.41, 5.74) is 0.102. The van der Waals surface area contributed by atoms with Gasteiger partial charge in [-0.15, -0.1) is 0 Å². The fourth-order valence-electron chi connectivity index (χ4n) is 0.984. The minimum Gasteiger partial charge on any atom is -0.768 e. The molecule has 0 aliphatic rings. The molecule has 0 bridgehead atoms. The van der Waals surface area contributed by atoms with Crippen molar-refractivity contribution in [2.24, 2.45) is 0 Å². The number of hydrogen-bond acceptors (Lipinski definition) is 5. The van der Waals surface area contributed by atoms with Crippen LogP contribution in [0.2, 0.25) is 0 Å². The highest BCUT2D eigenvalue weighted by Crippen LogP contribution is 2.24. The van der Waals surface area contributed by atoms with Gasteiger partial charge in [-0.05, 0) is 23.2 Å². The summed E-state index contributed by atoms with van der Waals surface area (Å²) < 4.78 is 26.2. The molecule has 2 N–H and O–H groups in total. The van der Waals surface area contributed by atoms with Gasteiger partial charge < -0.3 is 19.5 Å². The van der Waals surface area contributed by atoms with Crippen molar-refractivity contribution in [2.45, 2.75) is 11.2 Å². The van der Waals surface area contributed by atoms with Gasteiger partial charge in [0.2, 0.25) is 0 Å². The molecule has 1 aromatic rings. The molecule has 0 fully saturated rings. The molecule has 0 amide bonds. The van der Waals surface area contributed by atoms with Crippen molar-refractivity contribution in [1.29, 1.82) is 0 Å². The Labute approximate surface area is 83.2 Å². The molecule has 0 saturated heterocycles. The normalized spacial score (nSPS) is 12.9. The zero-order valence-corrected chi connectivity index (χ0v) is 8.15. The molecule has 0 heterocycles. The monoisotopic (exact) mass is 217 g/mol. The molecule has 0 spiro atoms. The molecule has 1 aromatic carbocycles. The van der Waals surface area contributed by atoms with E-state index < -0.39 is 17.4 Å². The van der Waals surface area contributed by atoms with Crippen molar-refractivity contribution in [3.8, 4) is 5.75 Å². The smallest absolute Gasteiger partial charge is 0.178 e. The Morgan fingerprint density at radius 3 is 2.57 bits per heavy atom. The molecule has 0 radical (unpaired) electrons. The molecule has 5 nitrogen and oxygen atoms in total. The third-order valence-corrected chi connectivity index (χ3v) is 2.34. The van der Waals surface area contributed by atoms with Crippen molar-refractivity contribution >= 4 is 11.1 Å². The van der Waals surface area contributed by atoms with Crippen LogP contribution in [0, 0.1) is 0 Å². The second-order valence-electron chi connectivity index (χ2n) is 2.52. The maximum atomic E-state index is 10.7. The number of aliphatic hydroxyl groups excluding tert-OH is 1. The van der Waals surface area contributed by atoms with Gasteiger partial charge in [0.25, 0.3) is 0 Å². The van der Waals surface area contributed by atoms with Gasteiger partial charge in [0.15, 0.2) is 6.29 Å². The van der Waals surface area contributed by atoms with Crippen LogP contribution in [0.4, 0.5) is 0 Å². The van der Waals surface area contributed by atoms with E-state index in [1.807, 2.05) is 0 Å². The Bertz CT molecular complexity index is 350. The standard InChI is InChI=1S/C8H10O5S/c1-13-6-3-2-5(8(9)10)4-7(6)14(11)12/h2-4,8-10H,1H3,(H,11,12)/p-1. The van der Waals surface area contributed by atoms with Crippen molar-refractivity contribution in [3.05, 3.63) is 23.8 Å². The fraction of sp³-hybridized carbons (Fsp3) is 0.250. The number of benzene rings is 1. The van der Waals surface area contributed by atoms with Gasteiger partial charge >= 0.3 is 0 Å². The highest BCUT2D eigenvalue weighted by atomic mass is 32.2. The van der Waals surface area contributed by atoms with E-state index in [0.717, 1.165) is 6.07 Å². The average Bonchev–Trinajstić information content (AvgIpc) is 2.16. The minimum absolute atomic E-state index is 0.0990. The van der Waals surface area contributed by atoms with Crippen molar-refractivity contribution in [3.63, 3.8) is 0 Å². The summed E-state index contributed by atoms with van der Waals surface area (Å²) in [5.74, 6) is 0.169. The number of rotatable bonds is 3. The zero-order chi connectivity index (χ0) is 10.7. The summed E-state index contributed by atoms with van der Waals surface area (Å²) in [5, 5.41) is 17.6. The highest BCUT2D eigenvalue weighted by Gasteiger charge is 2.08. The van der Waals surface area contributed by atoms with Crippen LogP contribution in [-0.2, 0) is 11.1 Å². The van der Waals surface area contributed by atoms with Crippen LogP contribution in [-0.4, -0.2) is 26.1 Å². The minimum atomic E-state index is -2.46. The molecule has 0 aliphatic carbocycles. The van der Waals surface area contributed by atoms with E-state index >= 15 is 0 Å². The molecule has 78 valence electrons. The molecule has 0 saturated carbocycles. The molecular weight excluding hydrogens is 208 g/mol. The van der Waals surface area contributed by atoms with E-state index in [1.165, 1.54) is 19.2 Å². The molecular formula is C8H9O5S-. The van der Waals surface area contributed by atoms with Gasteiger partial charge in [-0.3, -0.25) is 4.21 Å². The molecule has 14 heavy (non-hydrogen) atoms. The summed E-state index contributed by atoms with van der Waals surface area (Å²) in [6.07, 6.45) is -1.69. The van der Waals surface area contributed by atoms with Crippen LogP contribution >= 0.6 is 0 Å². The van der Waals surface area contributed by atoms with Gasteiger partial charge in [-0.1, -0.05) is 6.07 Å². The second kappa shape index (κ2) is 4.52.